The van der Waals surface area contributed by atoms with Crippen molar-refractivity contribution in [3.63, 3.8) is 0 Å². The molecular formula is C20H23IN2O3S. The predicted octanol–water partition coefficient (Wildman–Crippen LogP) is 4.04. The van der Waals surface area contributed by atoms with Crippen LogP contribution in [0.25, 0.3) is 0 Å². The molecule has 0 bridgehead atoms. The Hall–Kier alpha value is -1.45. The maximum atomic E-state index is 12.7. The minimum Gasteiger partial charge on any atom is -0.325 e. The second kappa shape index (κ2) is 9.16. The van der Waals surface area contributed by atoms with Crippen molar-refractivity contribution in [1.29, 1.82) is 0 Å². The predicted molar refractivity (Wildman–Crippen MR) is 115 cm³/mol. The van der Waals surface area contributed by atoms with E-state index in [0.29, 0.717) is 30.8 Å². The number of hydrogen-bond acceptors (Lipinski definition) is 3. The number of piperidine rings is 1. The summed E-state index contributed by atoms with van der Waals surface area (Å²) >= 11 is 2.19. The van der Waals surface area contributed by atoms with E-state index in [1.165, 1.54) is 0 Å². The van der Waals surface area contributed by atoms with Gasteiger partial charge in [-0.15, -0.1) is 0 Å². The van der Waals surface area contributed by atoms with Gasteiger partial charge >= 0.3 is 0 Å². The van der Waals surface area contributed by atoms with Crippen LogP contribution >= 0.6 is 22.6 Å². The normalized spacial score (nSPS) is 15.4. The topological polar surface area (TPSA) is 66.5 Å². The van der Waals surface area contributed by atoms with Crippen LogP contribution in [-0.4, -0.2) is 31.7 Å². The van der Waals surface area contributed by atoms with E-state index in [1.807, 2.05) is 24.3 Å². The summed E-state index contributed by atoms with van der Waals surface area (Å²) in [6, 6.07) is 14.5. The average molecular weight is 498 g/mol. The lowest BCUT2D eigenvalue weighted by molar-refractivity contribution is -0.116. The molecule has 0 unspecified atom stereocenters. The Bertz CT molecular complexity index is 892. The van der Waals surface area contributed by atoms with E-state index in [9.17, 15) is 13.2 Å². The summed E-state index contributed by atoms with van der Waals surface area (Å²) < 4.78 is 27.9. The highest BCUT2D eigenvalue weighted by Gasteiger charge is 2.25. The van der Waals surface area contributed by atoms with Crippen molar-refractivity contribution in [3.8, 4) is 0 Å². The molecule has 0 aromatic heterocycles. The SMILES string of the molecule is O=C(CCc1ccc(S(=O)(=O)N2CCCCC2)cc1)Nc1ccccc1I. The van der Waals surface area contributed by atoms with Crippen LogP contribution in [0.5, 0.6) is 0 Å². The fraction of sp³-hybridized carbons (Fsp3) is 0.350. The first-order valence-corrected chi connectivity index (χ1v) is 11.6. The molecule has 1 saturated heterocycles. The van der Waals surface area contributed by atoms with Gasteiger partial charge in [-0.25, -0.2) is 8.42 Å². The third kappa shape index (κ3) is 5.30. The fourth-order valence-electron chi connectivity index (χ4n) is 3.12. The Kier molecular flexibility index (Phi) is 6.88. The molecule has 1 aliphatic rings. The van der Waals surface area contributed by atoms with Crippen LogP contribution in [-0.2, 0) is 21.2 Å². The number of halogens is 1. The lowest BCUT2D eigenvalue weighted by Crippen LogP contribution is -2.35. The van der Waals surface area contributed by atoms with Gasteiger partial charge < -0.3 is 5.32 Å². The summed E-state index contributed by atoms with van der Waals surface area (Å²) in [5.74, 6) is -0.0517. The van der Waals surface area contributed by atoms with Gasteiger partial charge in [0.1, 0.15) is 0 Å². The smallest absolute Gasteiger partial charge is 0.243 e. The molecule has 27 heavy (non-hydrogen) atoms. The molecule has 1 heterocycles. The first-order chi connectivity index (χ1) is 13.0. The molecule has 0 aliphatic carbocycles. The van der Waals surface area contributed by atoms with Crippen molar-refractivity contribution in [2.45, 2.75) is 37.0 Å². The van der Waals surface area contributed by atoms with E-state index in [4.69, 9.17) is 0 Å². The highest BCUT2D eigenvalue weighted by atomic mass is 127. The van der Waals surface area contributed by atoms with Gasteiger partial charge in [0.05, 0.1) is 10.6 Å². The third-order valence-electron chi connectivity index (χ3n) is 4.66. The first-order valence-electron chi connectivity index (χ1n) is 9.10. The Labute approximate surface area is 174 Å². The number of hydrogen-bond donors (Lipinski definition) is 1. The Balaban J connectivity index is 1.57. The maximum Gasteiger partial charge on any atom is 0.243 e. The van der Waals surface area contributed by atoms with Crippen LogP contribution in [0.4, 0.5) is 5.69 Å². The van der Waals surface area contributed by atoms with Gasteiger partial charge in [-0.1, -0.05) is 30.7 Å². The van der Waals surface area contributed by atoms with Gasteiger partial charge in [0.25, 0.3) is 0 Å². The van der Waals surface area contributed by atoms with E-state index in [0.717, 1.165) is 34.1 Å². The molecule has 7 heteroatoms. The van der Waals surface area contributed by atoms with Gasteiger partial charge in [0.15, 0.2) is 0 Å². The number of nitrogens with one attached hydrogen (secondary N) is 1. The van der Waals surface area contributed by atoms with Crippen molar-refractivity contribution >= 4 is 44.2 Å². The molecule has 0 atom stereocenters. The van der Waals surface area contributed by atoms with Crippen molar-refractivity contribution < 1.29 is 13.2 Å². The van der Waals surface area contributed by atoms with E-state index in [-0.39, 0.29) is 5.91 Å². The summed E-state index contributed by atoms with van der Waals surface area (Å²) in [5.41, 5.74) is 1.76. The van der Waals surface area contributed by atoms with Crippen LogP contribution in [0.2, 0.25) is 0 Å². The number of amides is 1. The molecule has 0 radical (unpaired) electrons. The molecular weight excluding hydrogens is 475 g/mol. The van der Waals surface area contributed by atoms with Crippen LogP contribution in [0.15, 0.2) is 53.4 Å². The largest absolute Gasteiger partial charge is 0.325 e. The number of rotatable bonds is 6. The standard InChI is InChI=1S/C20H23IN2O3S/c21-18-6-2-3-7-19(18)22-20(24)13-10-16-8-11-17(12-9-16)27(25,26)23-14-4-1-5-15-23/h2-3,6-9,11-12H,1,4-5,10,13-15H2,(H,22,24). The van der Waals surface area contributed by atoms with Gasteiger partial charge in [-0.3, -0.25) is 4.79 Å². The number of anilines is 1. The zero-order valence-electron chi connectivity index (χ0n) is 15.0. The van der Waals surface area contributed by atoms with E-state index in [1.54, 1.807) is 28.6 Å². The summed E-state index contributed by atoms with van der Waals surface area (Å²) in [7, 11) is -3.40. The number of sulfonamides is 1. The van der Waals surface area contributed by atoms with E-state index >= 15 is 0 Å². The maximum absolute atomic E-state index is 12.7. The monoisotopic (exact) mass is 498 g/mol. The summed E-state index contributed by atoms with van der Waals surface area (Å²) in [5, 5.41) is 2.91. The van der Waals surface area contributed by atoms with Gasteiger partial charge in [0.2, 0.25) is 15.9 Å². The highest BCUT2D eigenvalue weighted by Crippen LogP contribution is 2.21. The van der Waals surface area contributed by atoms with E-state index in [2.05, 4.69) is 27.9 Å². The molecule has 1 fully saturated rings. The lowest BCUT2D eigenvalue weighted by Gasteiger charge is -2.25. The number of carbonyl (C=O) groups is 1. The number of benzene rings is 2. The number of carbonyl (C=O) groups excluding carboxylic acids is 1. The van der Waals surface area contributed by atoms with Crippen molar-refractivity contribution in [2.75, 3.05) is 18.4 Å². The zero-order chi connectivity index (χ0) is 19.3. The Morgan fingerprint density at radius 2 is 1.67 bits per heavy atom. The molecule has 2 aromatic carbocycles. The molecule has 5 nitrogen and oxygen atoms in total. The molecule has 0 saturated carbocycles. The molecule has 1 amide bonds. The second-order valence-corrected chi connectivity index (χ2v) is 9.74. The van der Waals surface area contributed by atoms with Crippen LogP contribution in [0, 0.1) is 3.57 Å². The van der Waals surface area contributed by atoms with Crippen LogP contribution in [0.1, 0.15) is 31.2 Å². The van der Waals surface area contributed by atoms with Gasteiger partial charge in [0, 0.05) is 23.1 Å². The lowest BCUT2D eigenvalue weighted by atomic mass is 10.1. The summed E-state index contributed by atoms with van der Waals surface area (Å²) in [6.07, 6.45) is 3.86. The zero-order valence-corrected chi connectivity index (χ0v) is 18.0. The fourth-order valence-corrected chi connectivity index (χ4v) is 5.15. The van der Waals surface area contributed by atoms with Crippen molar-refractivity contribution in [2.24, 2.45) is 0 Å². The average Bonchev–Trinajstić information content (AvgIpc) is 2.69. The number of aryl methyl sites for hydroxylation is 1. The summed E-state index contributed by atoms with van der Waals surface area (Å²) in [4.78, 5) is 12.5. The van der Waals surface area contributed by atoms with Crippen molar-refractivity contribution in [1.82, 2.24) is 4.31 Å². The van der Waals surface area contributed by atoms with Crippen molar-refractivity contribution in [3.05, 3.63) is 57.7 Å². The number of para-hydroxylation sites is 1. The molecule has 144 valence electrons. The molecule has 1 N–H and O–H groups in total. The minimum absolute atomic E-state index is 0.0517. The van der Waals surface area contributed by atoms with Gasteiger partial charge in [-0.2, -0.15) is 4.31 Å². The molecule has 1 aliphatic heterocycles. The Morgan fingerprint density at radius 1 is 1.00 bits per heavy atom. The van der Waals surface area contributed by atoms with Crippen LogP contribution < -0.4 is 5.32 Å². The molecule has 3 rings (SSSR count). The highest BCUT2D eigenvalue weighted by molar-refractivity contribution is 14.1. The molecule has 2 aromatic rings. The van der Waals surface area contributed by atoms with E-state index < -0.39 is 10.0 Å². The number of nitrogens with zero attached hydrogens (tertiary/aromatic N) is 1. The van der Waals surface area contributed by atoms with Crippen LogP contribution in [0.3, 0.4) is 0 Å². The summed E-state index contributed by atoms with van der Waals surface area (Å²) in [6.45, 7) is 1.20. The van der Waals surface area contributed by atoms with Gasteiger partial charge in [-0.05, 0) is 71.7 Å². The Morgan fingerprint density at radius 3 is 2.33 bits per heavy atom. The quantitative estimate of drug-likeness (QED) is 0.612. The first kappa shape index (κ1) is 20.3. The second-order valence-electron chi connectivity index (χ2n) is 6.64. The third-order valence-corrected chi connectivity index (χ3v) is 7.52. The minimum atomic E-state index is -3.40. The molecule has 0 spiro atoms.